The van der Waals surface area contributed by atoms with Crippen LogP contribution in [0.5, 0.6) is 5.75 Å². The Labute approximate surface area is 90.1 Å². The number of phenols is 1. The van der Waals surface area contributed by atoms with Crippen LogP contribution in [0.1, 0.15) is 36.7 Å². The van der Waals surface area contributed by atoms with Gasteiger partial charge in [-0.05, 0) is 51.5 Å². The van der Waals surface area contributed by atoms with Crippen molar-refractivity contribution >= 4 is 5.91 Å². The summed E-state index contributed by atoms with van der Waals surface area (Å²) in [5, 5.41) is 12.1. The second kappa shape index (κ2) is 3.93. The Morgan fingerprint density at radius 3 is 2.40 bits per heavy atom. The molecule has 0 saturated carbocycles. The van der Waals surface area contributed by atoms with Gasteiger partial charge in [0.1, 0.15) is 5.75 Å². The second-order valence-electron chi connectivity index (χ2n) is 4.70. The average molecular weight is 207 g/mol. The minimum atomic E-state index is -0.249. The summed E-state index contributed by atoms with van der Waals surface area (Å²) in [7, 11) is 0. The Morgan fingerprint density at radius 1 is 1.33 bits per heavy atom. The highest BCUT2D eigenvalue weighted by atomic mass is 16.3. The molecule has 0 aliphatic heterocycles. The van der Waals surface area contributed by atoms with Crippen LogP contribution in [0, 0.1) is 6.92 Å². The maximum atomic E-state index is 11.8. The number of aryl methyl sites for hydroxylation is 1. The van der Waals surface area contributed by atoms with Crippen molar-refractivity contribution in [1.29, 1.82) is 0 Å². The lowest BCUT2D eigenvalue weighted by atomic mass is 10.0. The number of carbonyl (C=O) groups excluding carboxylic acids is 1. The number of hydrogen-bond donors (Lipinski definition) is 2. The Morgan fingerprint density at radius 2 is 1.93 bits per heavy atom. The van der Waals surface area contributed by atoms with Crippen LogP contribution in [0.4, 0.5) is 0 Å². The highest BCUT2D eigenvalue weighted by Crippen LogP contribution is 2.16. The standard InChI is InChI=1S/C12H17NO2/c1-8-7-9(14)5-6-10(8)11(15)13-12(2,3)4/h5-7,14H,1-4H3,(H,13,15). The Kier molecular flexibility index (Phi) is 3.03. The van der Waals surface area contributed by atoms with Crippen LogP contribution >= 0.6 is 0 Å². The summed E-state index contributed by atoms with van der Waals surface area (Å²) in [6.07, 6.45) is 0. The molecule has 0 spiro atoms. The van der Waals surface area contributed by atoms with Crippen molar-refractivity contribution < 1.29 is 9.90 Å². The quantitative estimate of drug-likeness (QED) is 0.742. The minimum Gasteiger partial charge on any atom is -0.508 e. The topological polar surface area (TPSA) is 49.3 Å². The number of nitrogens with one attached hydrogen (secondary N) is 1. The summed E-state index contributed by atoms with van der Waals surface area (Å²) in [6, 6.07) is 4.73. The van der Waals surface area contributed by atoms with Crippen LogP contribution in [0.15, 0.2) is 18.2 Å². The molecular weight excluding hydrogens is 190 g/mol. The van der Waals surface area contributed by atoms with E-state index in [1.54, 1.807) is 19.1 Å². The predicted molar refractivity (Wildman–Crippen MR) is 60.1 cm³/mol. The van der Waals surface area contributed by atoms with Gasteiger partial charge in [-0.2, -0.15) is 0 Å². The number of hydrogen-bond acceptors (Lipinski definition) is 2. The maximum Gasteiger partial charge on any atom is 0.251 e. The number of carbonyl (C=O) groups is 1. The normalized spacial score (nSPS) is 11.2. The maximum absolute atomic E-state index is 11.8. The lowest BCUT2D eigenvalue weighted by Crippen LogP contribution is -2.40. The van der Waals surface area contributed by atoms with Crippen LogP contribution in [-0.2, 0) is 0 Å². The fourth-order valence-electron chi connectivity index (χ4n) is 1.31. The van der Waals surface area contributed by atoms with E-state index in [1.165, 1.54) is 6.07 Å². The highest BCUT2D eigenvalue weighted by molar-refractivity contribution is 5.96. The van der Waals surface area contributed by atoms with Gasteiger partial charge in [0.2, 0.25) is 0 Å². The first kappa shape index (κ1) is 11.6. The summed E-state index contributed by atoms with van der Waals surface area (Å²) in [5.41, 5.74) is 1.13. The first-order valence-electron chi connectivity index (χ1n) is 4.92. The molecule has 15 heavy (non-hydrogen) atoms. The van der Waals surface area contributed by atoms with Gasteiger partial charge < -0.3 is 10.4 Å². The van der Waals surface area contributed by atoms with E-state index < -0.39 is 0 Å². The molecule has 0 aliphatic rings. The van der Waals surface area contributed by atoms with Gasteiger partial charge in [0.15, 0.2) is 0 Å². The van der Waals surface area contributed by atoms with E-state index in [0.29, 0.717) is 5.56 Å². The molecule has 82 valence electrons. The summed E-state index contributed by atoms with van der Waals surface area (Å²) < 4.78 is 0. The van der Waals surface area contributed by atoms with Gasteiger partial charge in [-0.3, -0.25) is 4.79 Å². The van der Waals surface area contributed by atoms with E-state index >= 15 is 0 Å². The van der Waals surface area contributed by atoms with Crippen molar-refractivity contribution in [3.63, 3.8) is 0 Å². The first-order valence-corrected chi connectivity index (χ1v) is 4.92. The molecule has 0 heterocycles. The lowest BCUT2D eigenvalue weighted by molar-refractivity contribution is 0.0919. The molecule has 0 bridgehead atoms. The average Bonchev–Trinajstić information content (AvgIpc) is 1.99. The molecule has 2 N–H and O–H groups in total. The Hall–Kier alpha value is -1.51. The SMILES string of the molecule is Cc1cc(O)ccc1C(=O)NC(C)(C)C. The summed E-state index contributed by atoms with van der Waals surface area (Å²) in [4.78, 5) is 11.8. The molecule has 0 radical (unpaired) electrons. The monoisotopic (exact) mass is 207 g/mol. The van der Waals surface area contributed by atoms with Gasteiger partial charge >= 0.3 is 0 Å². The molecule has 0 unspecified atom stereocenters. The molecule has 1 aromatic carbocycles. The van der Waals surface area contributed by atoms with Gasteiger partial charge in [0, 0.05) is 11.1 Å². The fraction of sp³-hybridized carbons (Fsp3) is 0.417. The van der Waals surface area contributed by atoms with E-state index in [2.05, 4.69) is 5.32 Å². The van der Waals surface area contributed by atoms with Crippen LogP contribution in [0.3, 0.4) is 0 Å². The molecule has 0 fully saturated rings. The molecule has 0 atom stereocenters. The smallest absolute Gasteiger partial charge is 0.251 e. The van der Waals surface area contributed by atoms with E-state index in [4.69, 9.17) is 0 Å². The van der Waals surface area contributed by atoms with Crippen molar-refractivity contribution in [3.8, 4) is 5.75 Å². The zero-order chi connectivity index (χ0) is 11.6. The van der Waals surface area contributed by atoms with Crippen LogP contribution in [0.25, 0.3) is 0 Å². The number of rotatable bonds is 1. The van der Waals surface area contributed by atoms with Crippen molar-refractivity contribution in [2.45, 2.75) is 33.2 Å². The first-order chi connectivity index (χ1) is 6.79. The molecule has 0 aliphatic carbocycles. The third-order valence-corrected chi connectivity index (χ3v) is 1.94. The summed E-state index contributed by atoms with van der Waals surface area (Å²) >= 11 is 0. The van der Waals surface area contributed by atoms with E-state index in [1.807, 2.05) is 20.8 Å². The predicted octanol–water partition coefficient (Wildman–Crippen LogP) is 2.23. The van der Waals surface area contributed by atoms with Crippen LogP contribution < -0.4 is 5.32 Å². The van der Waals surface area contributed by atoms with E-state index in [-0.39, 0.29) is 17.2 Å². The number of phenolic OH excluding ortho intramolecular Hbond substituents is 1. The van der Waals surface area contributed by atoms with E-state index in [9.17, 15) is 9.90 Å². The van der Waals surface area contributed by atoms with Crippen molar-refractivity contribution in [3.05, 3.63) is 29.3 Å². The highest BCUT2D eigenvalue weighted by Gasteiger charge is 2.16. The number of benzene rings is 1. The molecule has 3 heteroatoms. The second-order valence-corrected chi connectivity index (χ2v) is 4.70. The molecule has 0 saturated heterocycles. The van der Waals surface area contributed by atoms with Gasteiger partial charge in [-0.15, -0.1) is 0 Å². The summed E-state index contributed by atoms with van der Waals surface area (Å²) in [5.74, 6) is 0.0693. The van der Waals surface area contributed by atoms with Gasteiger partial charge in [-0.1, -0.05) is 0 Å². The number of aromatic hydroxyl groups is 1. The van der Waals surface area contributed by atoms with Gasteiger partial charge in [0.25, 0.3) is 5.91 Å². The third-order valence-electron chi connectivity index (χ3n) is 1.94. The lowest BCUT2D eigenvalue weighted by Gasteiger charge is -2.21. The largest absolute Gasteiger partial charge is 0.508 e. The van der Waals surface area contributed by atoms with Gasteiger partial charge in [-0.25, -0.2) is 0 Å². The van der Waals surface area contributed by atoms with E-state index in [0.717, 1.165) is 5.56 Å². The minimum absolute atomic E-state index is 0.111. The van der Waals surface area contributed by atoms with Crippen molar-refractivity contribution in [2.24, 2.45) is 0 Å². The molecule has 3 nitrogen and oxygen atoms in total. The third kappa shape index (κ3) is 3.27. The summed E-state index contributed by atoms with van der Waals surface area (Å²) in [6.45, 7) is 7.60. The zero-order valence-electron chi connectivity index (χ0n) is 9.59. The van der Waals surface area contributed by atoms with Crippen molar-refractivity contribution in [1.82, 2.24) is 5.32 Å². The van der Waals surface area contributed by atoms with Crippen LogP contribution in [0.2, 0.25) is 0 Å². The zero-order valence-corrected chi connectivity index (χ0v) is 9.59. The fourth-order valence-corrected chi connectivity index (χ4v) is 1.31. The Balaban J connectivity index is 2.92. The molecule has 1 amide bonds. The number of amides is 1. The molecular formula is C12H17NO2. The molecule has 1 aromatic rings. The molecule has 0 aromatic heterocycles. The van der Waals surface area contributed by atoms with Crippen LogP contribution in [-0.4, -0.2) is 16.6 Å². The van der Waals surface area contributed by atoms with Gasteiger partial charge in [0.05, 0.1) is 0 Å². The Bertz CT molecular complexity index is 378. The van der Waals surface area contributed by atoms with Crippen molar-refractivity contribution in [2.75, 3.05) is 0 Å². The molecule has 1 rings (SSSR count).